The van der Waals surface area contributed by atoms with Gasteiger partial charge in [0.15, 0.2) is 0 Å². The van der Waals surface area contributed by atoms with E-state index in [1.54, 1.807) is 66.2 Å². The number of ether oxygens (including phenoxy) is 2. The maximum absolute atomic E-state index is 14.2. The summed E-state index contributed by atoms with van der Waals surface area (Å²) < 4.78 is 26.4. The van der Waals surface area contributed by atoms with Gasteiger partial charge in [-0.3, -0.25) is 4.79 Å². The molecule has 11 heteroatoms. The lowest BCUT2D eigenvalue weighted by molar-refractivity contribution is -0.113. The average molecular weight is 574 g/mol. The van der Waals surface area contributed by atoms with E-state index in [0.29, 0.717) is 62.9 Å². The van der Waals surface area contributed by atoms with Gasteiger partial charge in [0.25, 0.3) is 5.91 Å². The number of para-hydroxylation sites is 2. The number of anilines is 2. The Morgan fingerprint density at radius 2 is 1.80 bits per heavy atom. The van der Waals surface area contributed by atoms with Crippen molar-refractivity contribution in [1.82, 2.24) is 14.8 Å². The molecule has 0 fully saturated rings. The van der Waals surface area contributed by atoms with Crippen LogP contribution in [0.5, 0.6) is 5.75 Å². The molecule has 2 heterocycles. The summed E-state index contributed by atoms with van der Waals surface area (Å²) in [5, 5.41) is 11.3. The number of amides is 1. The molecule has 41 heavy (non-hydrogen) atoms. The van der Waals surface area contributed by atoms with Crippen LogP contribution >= 0.6 is 11.8 Å². The zero-order valence-electron chi connectivity index (χ0n) is 22.7. The Morgan fingerprint density at radius 3 is 2.54 bits per heavy atom. The topological polar surface area (TPSA) is 107 Å². The standard InChI is InChI=1S/C30H28FN5O4S/c1-4-40-24-12-8-7-11-23(24)33-27(37)25-18(2)32-29-34-30(41-17-21-9-5-6-10-22(21)31)35-36(29)26(25)19-13-15-20(16-14-19)28(38)39-3/h5-16,26H,4,17H2,1-3H3,(H,33,37)(H,32,34,35). The zero-order valence-corrected chi connectivity index (χ0v) is 23.5. The predicted octanol–water partition coefficient (Wildman–Crippen LogP) is 5.82. The van der Waals surface area contributed by atoms with Crippen LogP contribution in [-0.4, -0.2) is 40.4 Å². The van der Waals surface area contributed by atoms with E-state index < -0.39 is 12.0 Å². The SMILES string of the molecule is CCOc1ccccc1NC(=O)C1=C(C)Nc2nc(SCc3ccccc3F)nn2C1c1ccc(C(=O)OC)cc1. The summed E-state index contributed by atoms with van der Waals surface area (Å²) in [7, 11) is 1.32. The van der Waals surface area contributed by atoms with E-state index in [1.807, 2.05) is 19.1 Å². The number of methoxy groups -OCH3 is 1. The minimum absolute atomic E-state index is 0.297. The van der Waals surface area contributed by atoms with Crippen LogP contribution in [0.4, 0.5) is 16.0 Å². The summed E-state index contributed by atoms with van der Waals surface area (Å²) in [4.78, 5) is 30.5. The van der Waals surface area contributed by atoms with E-state index in [-0.39, 0.29) is 11.7 Å². The van der Waals surface area contributed by atoms with Crippen molar-refractivity contribution < 1.29 is 23.5 Å². The van der Waals surface area contributed by atoms with Gasteiger partial charge in [-0.2, -0.15) is 4.98 Å². The first-order chi connectivity index (χ1) is 19.9. The van der Waals surface area contributed by atoms with Crippen molar-refractivity contribution >= 4 is 35.3 Å². The third-order valence-corrected chi connectivity index (χ3v) is 7.36. The maximum Gasteiger partial charge on any atom is 0.337 e. The molecule has 0 saturated heterocycles. The molecule has 1 unspecified atom stereocenters. The Kier molecular flexibility index (Phi) is 8.34. The van der Waals surface area contributed by atoms with Gasteiger partial charge >= 0.3 is 5.97 Å². The molecule has 1 aliphatic rings. The molecule has 0 aliphatic carbocycles. The number of rotatable bonds is 9. The molecule has 5 rings (SSSR count). The predicted molar refractivity (Wildman–Crippen MR) is 154 cm³/mol. The zero-order chi connectivity index (χ0) is 28.9. The van der Waals surface area contributed by atoms with Crippen LogP contribution in [0, 0.1) is 5.82 Å². The molecule has 1 atom stereocenters. The van der Waals surface area contributed by atoms with Crippen molar-refractivity contribution in [2.24, 2.45) is 0 Å². The number of carbonyl (C=O) groups excluding carboxylic acids is 2. The quantitative estimate of drug-likeness (QED) is 0.191. The number of nitrogens with zero attached hydrogens (tertiary/aromatic N) is 3. The molecule has 1 aromatic heterocycles. The Morgan fingerprint density at radius 1 is 1.07 bits per heavy atom. The smallest absolute Gasteiger partial charge is 0.337 e. The fraction of sp³-hybridized carbons (Fsp3) is 0.200. The molecule has 0 saturated carbocycles. The van der Waals surface area contributed by atoms with Crippen LogP contribution in [0.3, 0.4) is 0 Å². The summed E-state index contributed by atoms with van der Waals surface area (Å²) in [6.45, 7) is 4.11. The normalized spacial score (nSPS) is 14.2. The molecule has 0 radical (unpaired) electrons. The Balaban J connectivity index is 1.51. The first kappa shape index (κ1) is 27.9. The Hall–Kier alpha value is -4.64. The molecule has 2 N–H and O–H groups in total. The second-order valence-corrected chi connectivity index (χ2v) is 10.0. The number of carbonyl (C=O) groups is 2. The van der Waals surface area contributed by atoms with Crippen LogP contribution in [0.15, 0.2) is 89.2 Å². The lowest BCUT2D eigenvalue weighted by Gasteiger charge is -2.29. The van der Waals surface area contributed by atoms with Crippen molar-refractivity contribution in [3.8, 4) is 5.75 Å². The fourth-order valence-electron chi connectivity index (χ4n) is 4.51. The monoisotopic (exact) mass is 573 g/mol. The number of fused-ring (bicyclic) bond motifs is 1. The molecule has 0 bridgehead atoms. The van der Waals surface area contributed by atoms with Crippen molar-refractivity contribution in [3.05, 3.63) is 107 Å². The molecule has 0 spiro atoms. The molecule has 9 nitrogen and oxygen atoms in total. The fourth-order valence-corrected chi connectivity index (χ4v) is 5.33. The number of nitrogens with one attached hydrogen (secondary N) is 2. The van der Waals surface area contributed by atoms with Crippen LogP contribution in [-0.2, 0) is 15.3 Å². The highest BCUT2D eigenvalue weighted by molar-refractivity contribution is 7.98. The summed E-state index contributed by atoms with van der Waals surface area (Å²) in [6, 6.07) is 19.9. The molecule has 1 aliphatic heterocycles. The van der Waals surface area contributed by atoms with Gasteiger partial charge in [-0.1, -0.05) is 54.2 Å². The van der Waals surface area contributed by atoms with E-state index in [4.69, 9.17) is 14.6 Å². The number of benzene rings is 3. The summed E-state index contributed by atoms with van der Waals surface area (Å²) in [5.41, 5.74) is 3.15. The number of thioether (sulfide) groups is 1. The van der Waals surface area contributed by atoms with Crippen molar-refractivity contribution in [3.63, 3.8) is 0 Å². The van der Waals surface area contributed by atoms with Gasteiger partial charge in [0.2, 0.25) is 11.1 Å². The van der Waals surface area contributed by atoms with E-state index in [9.17, 15) is 14.0 Å². The van der Waals surface area contributed by atoms with Crippen molar-refractivity contribution in [2.75, 3.05) is 24.4 Å². The second-order valence-electron chi connectivity index (χ2n) is 9.11. The van der Waals surface area contributed by atoms with Crippen LogP contribution in [0.2, 0.25) is 0 Å². The lowest BCUT2D eigenvalue weighted by atomic mass is 9.94. The number of aromatic nitrogens is 3. The van der Waals surface area contributed by atoms with Crippen LogP contribution in [0.1, 0.15) is 41.4 Å². The van der Waals surface area contributed by atoms with E-state index in [1.165, 1.54) is 24.9 Å². The first-order valence-electron chi connectivity index (χ1n) is 12.9. The Labute approximate surface area is 240 Å². The Bertz CT molecular complexity index is 1620. The molecule has 1 amide bonds. The van der Waals surface area contributed by atoms with E-state index >= 15 is 0 Å². The summed E-state index contributed by atoms with van der Waals surface area (Å²) in [5.74, 6) is 0.208. The number of hydrogen-bond acceptors (Lipinski definition) is 8. The summed E-state index contributed by atoms with van der Waals surface area (Å²) >= 11 is 1.29. The maximum atomic E-state index is 14.2. The molecular formula is C30H28FN5O4S. The van der Waals surface area contributed by atoms with Crippen LogP contribution in [0.25, 0.3) is 0 Å². The third-order valence-electron chi connectivity index (χ3n) is 6.48. The molecule has 210 valence electrons. The number of allylic oxidation sites excluding steroid dienone is 1. The van der Waals surface area contributed by atoms with Gasteiger partial charge in [0.05, 0.1) is 30.5 Å². The molecule has 4 aromatic rings. The highest BCUT2D eigenvalue weighted by atomic mass is 32.2. The lowest BCUT2D eigenvalue weighted by Crippen LogP contribution is -2.31. The minimum atomic E-state index is -0.674. The van der Waals surface area contributed by atoms with E-state index in [0.717, 1.165) is 0 Å². The van der Waals surface area contributed by atoms with Gasteiger partial charge in [-0.05, 0) is 55.3 Å². The van der Waals surface area contributed by atoms with Gasteiger partial charge in [-0.15, -0.1) is 5.10 Å². The molecule has 3 aromatic carbocycles. The largest absolute Gasteiger partial charge is 0.492 e. The van der Waals surface area contributed by atoms with Crippen LogP contribution < -0.4 is 15.4 Å². The summed E-state index contributed by atoms with van der Waals surface area (Å²) in [6.07, 6.45) is 0. The van der Waals surface area contributed by atoms with Gasteiger partial charge < -0.3 is 20.1 Å². The number of halogens is 1. The minimum Gasteiger partial charge on any atom is -0.492 e. The number of hydrogen-bond donors (Lipinski definition) is 2. The van der Waals surface area contributed by atoms with Gasteiger partial charge in [0, 0.05) is 11.4 Å². The number of esters is 1. The highest BCUT2D eigenvalue weighted by Gasteiger charge is 2.35. The van der Waals surface area contributed by atoms with Crippen molar-refractivity contribution in [1.29, 1.82) is 0 Å². The average Bonchev–Trinajstić information content (AvgIpc) is 3.39. The first-order valence-corrected chi connectivity index (χ1v) is 13.9. The van der Waals surface area contributed by atoms with Crippen molar-refractivity contribution in [2.45, 2.75) is 30.8 Å². The van der Waals surface area contributed by atoms with Gasteiger partial charge in [0.1, 0.15) is 17.6 Å². The third kappa shape index (κ3) is 5.94. The van der Waals surface area contributed by atoms with E-state index in [2.05, 4.69) is 15.6 Å². The highest BCUT2D eigenvalue weighted by Crippen LogP contribution is 2.38. The second kappa shape index (κ2) is 12.3. The van der Waals surface area contributed by atoms with Gasteiger partial charge in [-0.25, -0.2) is 13.9 Å². The molecular weight excluding hydrogens is 545 g/mol.